The second-order valence-electron chi connectivity index (χ2n) is 3.00. The van der Waals surface area contributed by atoms with Gasteiger partial charge in [0.2, 0.25) is 0 Å². The van der Waals surface area contributed by atoms with Gasteiger partial charge in [-0.2, -0.15) is 0 Å². The highest BCUT2D eigenvalue weighted by Gasteiger charge is 1.99. The van der Waals surface area contributed by atoms with Crippen LogP contribution in [0.25, 0.3) is 0 Å². The lowest BCUT2D eigenvalue weighted by Gasteiger charge is -2.06. The van der Waals surface area contributed by atoms with E-state index in [1.165, 1.54) is 11.9 Å². The van der Waals surface area contributed by atoms with Crippen molar-refractivity contribution >= 4 is 23.9 Å². The predicted octanol–water partition coefficient (Wildman–Crippen LogP) is 1.34. The third kappa shape index (κ3) is 5.41. The topological polar surface area (TPSA) is 83.5 Å². The third-order valence-electron chi connectivity index (χ3n) is 1.76. The summed E-state index contributed by atoms with van der Waals surface area (Å²) in [4.78, 5) is 15.0. The molecule has 7 heteroatoms. The van der Waals surface area contributed by atoms with Crippen LogP contribution >= 0.6 is 11.9 Å². The van der Waals surface area contributed by atoms with E-state index in [0.717, 1.165) is 5.56 Å². The molecule has 1 aromatic heterocycles. The van der Waals surface area contributed by atoms with E-state index in [9.17, 15) is 4.79 Å². The van der Waals surface area contributed by atoms with Crippen molar-refractivity contribution in [2.75, 3.05) is 17.8 Å². The molecule has 0 atom stereocenters. The summed E-state index contributed by atoms with van der Waals surface area (Å²) in [5.41, 5.74) is 0.757. The summed E-state index contributed by atoms with van der Waals surface area (Å²) in [5.74, 6) is 1.16. The van der Waals surface area contributed by atoms with E-state index >= 15 is 0 Å². The molecule has 3 N–H and O–H groups in total. The van der Waals surface area contributed by atoms with Crippen molar-refractivity contribution in [2.24, 2.45) is 0 Å². The molecule has 94 valence electrons. The maximum atomic E-state index is 10.9. The van der Waals surface area contributed by atoms with Crippen molar-refractivity contribution < 1.29 is 14.6 Å². The van der Waals surface area contributed by atoms with E-state index in [2.05, 4.69) is 19.8 Å². The number of aliphatic hydroxyl groups excluding tert-OH is 1. The third-order valence-corrected chi connectivity index (χ3v) is 2.36. The molecule has 1 rings (SSSR count). The van der Waals surface area contributed by atoms with Crippen LogP contribution in [-0.4, -0.2) is 28.7 Å². The van der Waals surface area contributed by atoms with Crippen LogP contribution in [0.2, 0.25) is 0 Å². The summed E-state index contributed by atoms with van der Waals surface area (Å²) in [7, 11) is 0. The largest absolute Gasteiger partial charge is 0.449 e. The Labute approximate surface area is 104 Å². The lowest BCUT2D eigenvalue weighted by Crippen LogP contribution is -2.19. The first-order valence-corrected chi connectivity index (χ1v) is 6.09. The predicted molar refractivity (Wildman–Crippen MR) is 66.4 cm³/mol. The zero-order valence-corrected chi connectivity index (χ0v) is 10.3. The number of rotatable bonds is 6. The molecule has 0 aliphatic carbocycles. The highest BCUT2D eigenvalue weighted by molar-refractivity contribution is 7.97. The van der Waals surface area contributed by atoms with Crippen LogP contribution in [-0.2, 0) is 11.3 Å². The first-order chi connectivity index (χ1) is 8.26. The Kier molecular flexibility index (Phi) is 6.19. The molecule has 0 saturated carbocycles. The average Bonchev–Trinajstić information content (AvgIpc) is 2.36. The number of carbonyl (C=O) groups excluding carboxylic acids is 1. The number of hydrogen-bond donors (Lipinski definition) is 3. The van der Waals surface area contributed by atoms with E-state index in [1.807, 2.05) is 0 Å². The van der Waals surface area contributed by atoms with Crippen molar-refractivity contribution in [3.63, 3.8) is 0 Å². The molecule has 1 amide bonds. The first-order valence-electron chi connectivity index (χ1n) is 5.10. The van der Waals surface area contributed by atoms with Gasteiger partial charge in [-0.25, -0.2) is 9.78 Å². The van der Waals surface area contributed by atoms with E-state index in [1.54, 1.807) is 25.3 Å². The van der Waals surface area contributed by atoms with Crippen LogP contribution in [0.1, 0.15) is 12.5 Å². The number of nitrogens with one attached hydrogen (secondary N) is 2. The molecule has 17 heavy (non-hydrogen) atoms. The van der Waals surface area contributed by atoms with Gasteiger partial charge in [0.1, 0.15) is 5.82 Å². The van der Waals surface area contributed by atoms with Gasteiger partial charge >= 0.3 is 6.09 Å². The fraction of sp³-hybridized carbons (Fsp3) is 0.400. The maximum Gasteiger partial charge on any atom is 0.417 e. The smallest absolute Gasteiger partial charge is 0.417 e. The molecular weight excluding hydrogens is 242 g/mol. The second kappa shape index (κ2) is 7.75. The van der Waals surface area contributed by atoms with Crippen LogP contribution < -0.4 is 10.0 Å². The normalized spacial score (nSPS) is 9.76. The molecule has 1 aromatic rings. The highest BCUT2D eigenvalue weighted by atomic mass is 32.2. The first kappa shape index (κ1) is 13.6. The van der Waals surface area contributed by atoms with Gasteiger partial charge in [0.05, 0.1) is 19.1 Å². The van der Waals surface area contributed by atoms with Crippen LogP contribution in [0.5, 0.6) is 0 Å². The summed E-state index contributed by atoms with van der Waals surface area (Å²) in [5, 5.41) is 11.8. The zero-order valence-electron chi connectivity index (χ0n) is 9.47. The minimum Gasteiger partial charge on any atom is -0.449 e. The SMILES string of the molecule is CCOC(=O)NSCNc1ccc(CO)cn1. The maximum absolute atomic E-state index is 10.9. The van der Waals surface area contributed by atoms with Gasteiger partial charge in [0.25, 0.3) is 0 Å². The monoisotopic (exact) mass is 257 g/mol. The van der Waals surface area contributed by atoms with Crippen molar-refractivity contribution in [3.05, 3.63) is 23.9 Å². The number of aromatic nitrogens is 1. The molecule has 0 unspecified atom stereocenters. The van der Waals surface area contributed by atoms with Crippen molar-refractivity contribution in [1.29, 1.82) is 0 Å². The van der Waals surface area contributed by atoms with Crippen molar-refractivity contribution in [1.82, 2.24) is 9.71 Å². The molecule has 0 saturated heterocycles. The minimum atomic E-state index is -0.456. The minimum absolute atomic E-state index is 0.0214. The molecule has 0 aliphatic heterocycles. The number of hydrogen-bond acceptors (Lipinski definition) is 6. The Bertz CT molecular complexity index is 345. The van der Waals surface area contributed by atoms with Crippen molar-refractivity contribution in [3.8, 4) is 0 Å². The quantitative estimate of drug-likeness (QED) is 0.405. The Hall–Kier alpha value is -1.47. The summed E-state index contributed by atoms with van der Waals surface area (Å²) in [6.07, 6.45) is 1.13. The summed E-state index contributed by atoms with van der Waals surface area (Å²) in [6.45, 7) is 2.07. The lowest BCUT2D eigenvalue weighted by atomic mass is 10.3. The fourth-order valence-corrected chi connectivity index (χ4v) is 1.46. The van der Waals surface area contributed by atoms with Gasteiger partial charge in [-0.05, 0) is 30.5 Å². The van der Waals surface area contributed by atoms with E-state index in [4.69, 9.17) is 5.11 Å². The van der Waals surface area contributed by atoms with Gasteiger partial charge in [0, 0.05) is 6.20 Å². The van der Waals surface area contributed by atoms with Crippen LogP contribution in [0, 0.1) is 0 Å². The molecule has 0 spiro atoms. The number of anilines is 1. The Balaban J connectivity index is 2.19. The molecule has 0 aromatic carbocycles. The number of ether oxygens (including phenoxy) is 1. The molecule has 6 nitrogen and oxygen atoms in total. The summed E-state index contributed by atoms with van der Waals surface area (Å²) in [6, 6.07) is 3.54. The number of pyridine rings is 1. The zero-order chi connectivity index (χ0) is 12.5. The van der Waals surface area contributed by atoms with Crippen molar-refractivity contribution in [2.45, 2.75) is 13.5 Å². The van der Waals surface area contributed by atoms with Crippen LogP contribution in [0.15, 0.2) is 18.3 Å². The summed E-state index contributed by atoms with van der Waals surface area (Å²) < 4.78 is 7.18. The van der Waals surface area contributed by atoms with E-state index in [-0.39, 0.29) is 6.61 Å². The fourth-order valence-electron chi connectivity index (χ4n) is 0.988. The average molecular weight is 257 g/mol. The Morgan fingerprint density at radius 1 is 1.59 bits per heavy atom. The second-order valence-corrected chi connectivity index (χ2v) is 3.78. The van der Waals surface area contributed by atoms with Gasteiger partial charge in [0.15, 0.2) is 0 Å². The summed E-state index contributed by atoms with van der Waals surface area (Å²) >= 11 is 1.18. The van der Waals surface area contributed by atoms with Crippen LogP contribution in [0.4, 0.5) is 10.6 Å². The number of carbonyl (C=O) groups is 1. The van der Waals surface area contributed by atoms with Crippen LogP contribution in [0.3, 0.4) is 0 Å². The lowest BCUT2D eigenvalue weighted by molar-refractivity contribution is 0.159. The van der Waals surface area contributed by atoms with Gasteiger partial charge in [-0.3, -0.25) is 4.72 Å². The molecule has 1 heterocycles. The van der Waals surface area contributed by atoms with Gasteiger partial charge < -0.3 is 15.2 Å². The molecule has 0 bridgehead atoms. The molecule has 0 fully saturated rings. The number of aliphatic hydroxyl groups is 1. The highest BCUT2D eigenvalue weighted by Crippen LogP contribution is 2.06. The van der Waals surface area contributed by atoms with E-state index < -0.39 is 6.09 Å². The molecule has 0 aliphatic rings. The standard InChI is InChI=1S/C10H15N3O3S/c1-2-16-10(15)13-17-7-12-9-4-3-8(6-14)5-11-9/h3-5,14H,2,6-7H2,1H3,(H,11,12)(H,13,15). The Morgan fingerprint density at radius 3 is 3.00 bits per heavy atom. The molecular formula is C10H15N3O3S. The Morgan fingerprint density at radius 2 is 2.41 bits per heavy atom. The van der Waals surface area contributed by atoms with Gasteiger partial charge in [-0.1, -0.05) is 6.07 Å². The van der Waals surface area contributed by atoms with E-state index in [0.29, 0.717) is 18.3 Å². The number of amides is 1. The molecule has 0 radical (unpaired) electrons. The van der Waals surface area contributed by atoms with Gasteiger partial charge in [-0.15, -0.1) is 0 Å². The number of nitrogens with zero attached hydrogens (tertiary/aromatic N) is 1.